The molecule has 1 unspecified atom stereocenters. The summed E-state index contributed by atoms with van der Waals surface area (Å²) in [5.41, 5.74) is 6.84. The van der Waals surface area contributed by atoms with Gasteiger partial charge in [-0.25, -0.2) is 0 Å². The van der Waals surface area contributed by atoms with Crippen LogP contribution in [-0.2, 0) is 0 Å². The predicted octanol–water partition coefficient (Wildman–Crippen LogP) is 1.21. The standard InChI is InChI=1S/C17H23N3O/c1-2-20-11-5-9-16(20)13-19-17(21)15-8-3-6-14(12-15)7-4-10-18/h3,6,8,12,16H,2,5,9-11,13,18H2,1H3,(H,19,21). The molecule has 0 aliphatic carbocycles. The van der Waals surface area contributed by atoms with Gasteiger partial charge in [0.2, 0.25) is 0 Å². The molecule has 1 saturated heterocycles. The van der Waals surface area contributed by atoms with E-state index in [-0.39, 0.29) is 5.91 Å². The lowest BCUT2D eigenvalue weighted by Crippen LogP contribution is -2.40. The third kappa shape index (κ3) is 4.32. The van der Waals surface area contributed by atoms with E-state index in [0.29, 0.717) is 24.7 Å². The Balaban J connectivity index is 1.94. The van der Waals surface area contributed by atoms with Crippen molar-refractivity contribution < 1.29 is 4.79 Å². The molecule has 0 aromatic heterocycles. The number of hydrogen-bond donors (Lipinski definition) is 2. The second-order valence-corrected chi connectivity index (χ2v) is 5.22. The van der Waals surface area contributed by atoms with Gasteiger partial charge in [-0.2, -0.15) is 0 Å². The Bertz CT molecular complexity index is 544. The molecular weight excluding hydrogens is 262 g/mol. The van der Waals surface area contributed by atoms with E-state index in [4.69, 9.17) is 5.73 Å². The lowest BCUT2D eigenvalue weighted by molar-refractivity contribution is 0.0941. The van der Waals surface area contributed by atoms with Crippen molar-refractivity contribution in [1.29, 1.82) is 0 Å². The minimum Gasteiger partial charge on any atom is -0.350 e. The van der Waals surface area contributed by atoms with Crippen LogP contribution in [0.1, 0.15) is 35.7 Å². The Morgan fingerprint density at radius 2 is 2.38 bits per heavy atom. The Morgan fingerprint density at radius 3 is 3.14 bits per heavy atom. The van der Waals surface area contributed by atoms with Crippen LogP contribution >= 0.6 is 0 Å². The van der Waals surface area contributed by atoms with Crippen LogP contribution in [0.15, 0.2) is 24.3 Å². The average molecular weight is 285 g/mol. The maximum Gasteiger partial charge on any atom is 0.251 e. The van der Waals surface area contributed by atoms with Gasteiger partial charge in [-0.05, 0) is 44.1 Å². The average Bonchev–Trinajstić information content (AvgIpc) is 2.98. The molecule has 3 N–H and O–H groups in total. The van der Waals surface area contributed by atoms with Crippen LogP contribution in [0.3, 0.4) is 0 Å². The number of hydrogen-bond acceptors (Lipinski definition) is 3. The minimum atomic E-state index is -0.0330. The van der Waals surface area contributed by atoms with Gasteiger partial charge in [-0.3, -0.25) is 9.69 Å². The zero-order valence-corrected chi connectivity index (χ0v) is 12.6. The predicted molar refractivity (Wildman–Crippen MR) is 85.0 cm³/mol. The van der Waals surface area contributed by atoms with Crippen molar-refractivity contribution in [2.24, 2.45) is 5.73 Å². The molecule has 1 aromatic rings. The van der Waals surface area contributed by atoms with Crippen molar-refractivity contribution in [2.75, 3.05) is 26.2 Å². The fourth-order valence-electron chi connectivity index (χ4n) is 2.75. The molecule has 1 amide bonds. The highest BCUT2D eigenvalue weighted by molar-refractivity contribution is 5.94. The maximum atomic E-state index is 12.2. The van der Waals surface area contributed by atoms with E-state index in [1.807, 2.05) is 24.3 Å². The number of likely N-dealkylation sites (N-methyl/N-ethyl adjacent to an activating group) is 1. The van der Waals surface area contributed by atoms with Gasteiger partial charge in [0, 0.05) is 23.7 Å². The van der Waals surface area contributed by atoms with Gasteiger partial charge < -0.3 is 11.1 Å². The van der Waals surface area contributed by atoms with Crippen LogP contribution < -0.4 is 11.1 Å². The second-order valence-electron chi connectivity index (χ2n) is 5.22. The van der Waals surface area contributed by atoms with Gasteiger partial charge >= 0.3 is 0 Å². The number of nitrogens with two attached hydrogens (primary N) is 1. The van der Waals surface area contributed by atoms with E-state index in [1.165, 1.54) is 6.42 Å². The Morgan fingerprint density at radius 1 is 1.52 bits per heavy atom. The highest BCUT2D eigenvalue weighted by Gasteiger charge is 2.23. The van der Waals surface area contributed by atoms with Gasteiger partial charge in [-0.15, -0.1) is 0 Å². The molecule has 1 aliphatic rings. The second kappa shape index (κ2) is 7.82. The highest BCUT2D eigenvalue weighted by atomic mass is 16.1. The molecule has 112 valence electrons. The van der Waals surface area contributed by atoms with E-state index in [9.17, 15) is 4.79 Å². The Kier molecular flexibility index (Phi) is 5.79. The smallest absolute Gasteiger partial charge is 0.251 e. The molecule has 4 heteroatoms. The van der Waals surface area contributed by atoms with Crippen LogP contribution in [0.5, 0.6) is 0 Å². The molecule has 2 rings (SSSR count). The van der Waals surface area contributed by atoms with Crippen molar-refractivity contribution in [2.45, 2.75) is 25.8 Å². The normalized spacial score (nSPS) is 18.1. The topological polar surface area (TPSA) is 58.4 Å². The molecule has 1 atom stereocenters. The molecule has 0 bridgehead atoms. The largest absolute Gasteiger partial charge is 0.350 e. The summed E-state index contributed by atoms with van der Waals surface area (Å²) >= 11 is 0. The lowest BCUT2D eigenvalue weighted by Gasteiger charge is -2.22. The van der Waals surface area contributed by atoms with Gasteiger partial charge in [0.1, 0.15) is 0 Å². The number of benzene rings is 1. The van der Waals surface area contributed by atoms with Gasteiger partial charge in [0.05, 0.1) is 6.54 Å². The summed E-state index contributed by atoms with van der Waals surface area (Å²) in [5, 5.41) is 3.04. The molecule has 21 heavy (non-hydrogen) atoms. The van der Waals surface area contributed by atoms with E-state index in [1.54, 1.807) is 0 Å². The Hall–Kier alpha value is -1.83. The van der Waals surface area contributed by atoms with Crippen molar-refractivity contribution in [3.63, 3.8) is 0 Å². The molecular formula is C17H23N3O. The summed E-state index contributed by atoms with van der Waals surface area (Å²) in [6.45, 7) is 5.39. The monoisotopic (exact) mass is 285 g/mol. The van der Waals surface area contributed by atoms with Crippen LogP contribution in [0.25, 0.3) is 0 Å². The molecule has 0 saturated carbocycles. The quantitative estimate of drug-likeness (QED) is 0.818. The molecule has 1 heterocycles. The molecule has 0 spiro atoms. The van der Waals surface area contributed by atoms with Crippen molar-refractivity contribution in [1.82, 2.24) is 10.2 Å². The number of carbonyl (C=O) groups excluding carboxylic acids is 1. The van der Waals surface area contributed by atoms with Crippen LogP contribution in [0.2, 0.25) is 0 Å². The molecule has 0 radical (unpaired) electrons. The van der Waals surface area contributed by atoms with Crippen molar-refractivity contribution in [3.05, 3.63) is 35.4 Å². The minimum absolute atomic E-state index is 0.0330. The maximum absolute atomic E-state index is 12.2. The number of nitrogens with one attached hydrogen (secondary N) is 1. The fourth-order valence-corrected chi connectivity index (χ4v) is 2.75. The third-order valence-electron chi connectivity index (χ3n) is 3.86. The molecule has 1 aliphatic heterocycles. The number of nitrogens with zero attached hydrogens (tertiary/aromatic N) is 1. The van der Waals surface area contributed by atoms with Crippen LogP contribution in [-0.4, -0.2) is 43.0 Å². The zero-order chi connectivity index (χ0) is 15.1. The zero-order valence-electron chi connectivity index (χ0n) is 12.6. The summed E-state index contributed by atoms with van der Waals surface area (Å²) in [6.07, 6.45) is 2.38. The number of carbonyl (C=O) groups is 1. The van der Waals surface area contributed by atoms with E-state index in [0.717, 1.165) is 25.1 Å². The third-order valence-corrected chi connectivity index (χ3v) is 3.86. The first kappa shape index (κ1) is 15.6. The van der Waals surface area contributed by atoms with Crippen LogP contribution in [0.4, 0.5) is 0 Å². The number of likely N-dealkylation sites (tertiary alicyclic amines) is 1. The van der Waals surface area contributed by atoms with E-state index in [2.05, 4.69) is 29.0 Å². The molecule has 4 nitrogen and oxygen atoms in total. The van der Waals surface area contributed by atoms with E-state index < -0.39 is 0 Å². The first-order valence-corrected chi connectivity index (χ1v) is 7.56. The molecule has 1 aromatic carbocycles. The van der Waals surface area contributed by atoms with Gasteiger partial charge in [-0.1, -0.05) is 24.8 Å². The summed E-state index contributed by atoms with van der Waals surface area (Å²) in [7, 11) is 0. The Labute approximate surface area is 126 Å². The fraction of sp³-hybridized carbons (Fsp3) is 0.471. The number of amides is 1. The van der Waals surface area contributed by atoms with Crippen molar-refractivity contribution >= 4 is 5.91 Å². The summed E-state index contributed by atoms with van der Waals surface area (Å²) in [5.74, 6) is 5.72. The SMILES string of the molecule is CCN1CCCC1CNC(=O)c1cccc(C#CCN)c1. The van der Waals surface area contributed by atoms with E-state index >= 15 is 0 Å². The van der Waals surface area contributed by atoms with Crippen LogP contribution in [0, 0.1) is 11.8 Å². The first-order chi connectivity index (χ1) is 10.2. The summed E-state index contributed by atoms with van der Waals surface area (Å²) in [4.78, 5) is 14.6. The van der Waals surface area contributed by atoms with Gasteiger partial charge in [0.25, 0.3) is 5.91 Å². The highest BCUT2D eigenvalue weighted by Crippen LogP contribution is 2.15. The lowest BCUT2D eigenvalue weighted by atomic mass is 10.1. The number of rotatable bonds is 4. The first-order valence-electron chi connectivity index (χ1n) is 7.56. The summed E-state index contributed by atoms with van der Waals surface area (Å²) in [6, 6.07) is 7.83. The molecule has 1 fully saturated rings. The summed E-state index contributed by atoms with van der Waals surface area (Å²) < 4.78 is 0. The van der Waals surface area contributed by atoms with Gasteiger partial charge in [0.15, 0.2) is 0 Å². The van der Waals surface area contributed by atoms with Crippen molar-refractivity contribution in [3.8, 4) is 11.8 Å².